The highest BCUT2D eigenvalue weighted by molar-refractivity contribution is 5.78. The van der Waals surface area contributed by atoms with Crippen molar-refractivity contribution in [3.8, 4) is 16.8 Å². The molecule has 29 heavy (non-hydrogen) atoms. The van der Waals surface area contributed by atoms with Crippen LogP contribution in [0.25, 0.3) is 16.8 Å². The Morgan fingerprint density at radius 3 is 2.31 bits per heavy atom. The third kappa shape index (κ3) is 3.99. The van der Waals surface area contributed by atoms with Crippen LogP contribution < -0.4 is 5.73 Å². The quantitative estimate of drug-likeness (QED) is 0.718. The highest BCUT2D eigenvalue weighted by atomic mass is 19.4. The highest BCUT2D eigenvalue weighted by Gasteiger charge is 2.35. The lowest BCUT2D eigenvalue weighted by molar-refractivity contribution is -0.137. The number of anilines is 1. The summed E-state index contributed by atoms with van der Waals surface area (Å²) in [4.78, 5) is 2.16. The van der Waals surface area contributed by atoms with E-state index in [4.69, 9.17) is 10.5 Å². The molecule has 1 saturated heterocycles. The van der Waals surface area contributed by atoms with Gasteiger partial charge >= 0.3 is 6.18 Å². The van der Waals surface area contributed by atoms with E-state index >= 15 is 0 Å². The molecule has 5 nitrogen and oxygen atoms in total. The second-order valence-corrected chi connectivity index (χ2v) is 6.89. The predicted octanol–water partition coefficient (Wildman–Crippen LogP) is 3.97. The summed E-state index contributed by atoms with van der Waals surface area (Å²) in [5, 5.41) is 4.53. The smallest absolute Gasteiger partial charge is 0.383 e. The molecule has 0 spiro atoms. The lowest BCUT2D eigenvalue weighted by Gasteiger charge is -2.26. The molecule has 1 aliphatic heterocycles. The summed E-state index contributed by atoms with van der Waals surface area (Å²) >= 11 is 0. The maximum Gasteiger partial charge on any atom is 0.418 e. The third-order valence-corrected chi connectivity index (χ3v) is 4.97. The Morgan fingerprint density at radius 1 is 0.966 bits per heavy atom. The van der Waals surface area contributed by atoms with Crippen molar-refractivity contribution in [1.82, 2.24) is 14.7 Å². The molecule has 8 heteroatoms. The molecule has 1 fully saturated rings. The Balaban J connectivity index is 1.84. The van der Waals surface area contributed by atoms with E-state index in [1.54, 1.807) is 6.07 Å². The Morgan fingerprint density at radius 2 is 1.62 bits per heavy atom. The maximum atomic E-state index is 13.6. The number of benzene rings is 2. The Labute approximate surface area is 166 Å². The fourth-order valence-corrected chi connectivity index (χ4v) is 3.56. The van der Waals surface area contributed by atoms with E-state index in [0.29, 0.717) is 31.0 Å². The van der Waals surface area contributed by atoms with Gasteiger partial charge in [-0.2, -0.15) is 18.3 Å². The van der Waals surface area contributed by atoms with E-state index in [9.17, 15) is 13.2 Å². The summed E-state index contributed by atoms with van der Waals surface area (Å²) in [6, 6.07) is 14.7. The molecule has 4 rings (SSSR count). The van der Waals surface area contributed by atoms with E-state index in [0.717, 1.165) is 24.7 Å². The number of halogens is 3. The number of nitrogens with zero attached hydrogens (tertiary/aromatic N) is 3. The molecular formula is C21H21F3N4O. The first kappa shape index (κ1) is 19.5. The molecule has 2 heterocycles. The van der Waals surface area contributed by atoms with Crippen molar-refractivity contribution < 1.29 is 17.9 Å². The lowest BCUT2D eigenvalue weighted by Crippen LogP contribution is -2.35. The normalized spacial score (nSPS) is 15.6. The molecule has 2 N–H and O–H groups in total. The molecule has 1 aromatic heterocycles. The predicted molar refractivity (Wildman–Crippen MR) is 105 cm³/mol. The summed E-state index contributed by atoms with van der Waals surface area (Å²) < 4.78 is 47.3. The third-order valence-electron chi connectivity index (χ3n) is 4.97. The molecule has 152 valence electrons. The lowest BCUT2D eigenvalue weighted by atomic mass is 10.0. The molecule has 0 amide bonds. The Hall–Kier alpha value is -2.84. The highest BCUT2D eigenvalue weighted by Crippen LogP contribution is 2.37. The van der Waals surface area contributed by atoms with Gasteiger partial charge in [0.15, 0.2) is 0 Å². The van der Waals surface area contributed by atoms with Crippen LogP contribution in [0.5, 0.6) is 0 Å². The van der Waals surface area contributed by atoms with Crippen molar-refractivity contribution in [2.45, 2.75) is 12.7 Å². The van der Waals surface area contributed by atoms with Gasteiger partial charge in [-0.3, -0.25) is 4.90 Å². The molecular weight excluding hydrogens is 381 g/mol. The first-order valence-electron chi connectivity index (χ1n) is 9.34. The van der Waals surface area contributed by atoms with Gasteiger partial charge in [0.25, 0.3) is 0 Å². The fraction of sp³-hybridized carbons (Fsp3) is 0.286. The van der Waals surface area contributed by atoms with Crippen LogP contribution in [0, 0.1) is 0 Å². The van der Waals surface area contributed by atoms with Crippen LogP contribution >= 0.6 is 0 Å². The summed E-state index contributed by atoms with van der Waals surface area (Å²) in [6.45, 7) is 3.20. The minimum Gasteiger partial charge on any atom is -0.383 e. The number of nitrogens with two attached hydrogens (primary N) is 1. The molecule has 0 radical (unpaired) electrons. The first-order valence-corrected chi connectivity index (χ1v) is 9.34. The molecule has 0 unspecified atom stereocenters. The summed E-state index contributed by atoms with van der Waals surface area (Å²) in [6.07, 6.45) is -4.51. The summed E-state index contributed by atoms with van der Waals surface area (Å²) in [7, 11) is 0. The number of alkyl halides is 3. The molecule has 0 aliphatic carbocycles. The monoisotopic (exact) mass is 402 g/mol. The van der Waals surface area contributed by atoms with Gasteiger partial charge < -0.3 is 10.5 Å². The van der Waals surface area contributed by atoms with E-state index < -0.39 is 11.7 Å². The number of rotatable bonds is 4. The first-order chi connectivity index (χ1) is 13.9. The molecule has 0 bridgehead atoms. The van der Waals surface area contributed by atoms with Gasteiger partial charge in [0.05, 0.1) is 30.2 Å². The van der Waals surface area contributed by atoms with Crippen LogP contribution in [0.4, 0.5) is 19.0 Å². The fourth-order valence-electron chi connectivity index (χ4n) is 3.56. The van der Waals surface area contributed by atoms with E-state index in [-0.39, 0.29) is 11.5 Å². The SMILES string of the molecule is Nc1c(-c2ccccc2)c(CN2CCOCC2)nn1-c1ccccc1C(F)(F)F. The minimum atomic E-state index is -4.51. The van der Waals surface area contributed by atoms with Crippen LogP contribution in [-0.2, 0) is 17.5 Å². The van der Waals surface area contributed by atoms with Crippen LogP contribution in [-0.4, -0.2) is 41.0 Å². The van der Waals surface area contributed by atoms with Crippen molar-refractivity contribution in [3.63, 3.8) is 0 Å². The number of morpholine rings is 1. The number of hydrogen-bond donors (Lipinski definition) is 1. The minimum absolute atomic E-state index is 0.0806. The zero-order valence-electron chi connectivity index (χ0n) is 15.7. The van der Waals surface area contributed by atoms with Gasteiger partial charge in [-0.05, 0) is 17.7 Å². The number of nitrogen functional groups attached to an aromatic ring is 1. The maximum absolute atomic E-state index is 13.6. The number of ether oxygens (including phenoxy) is 1. The number of para-hydroxylation sites is 1. The van der Waals surface area contributed by atoms with Crippen molar-refractivity contribution in [3.05, 3.63) is 65.9 Å². The molecule has 0 saturated carbocycles. The topological polar surface area (TPSA) is 56.3 Å². The van der Waals surface area contributed by atoms with Crippen LogP contribution in [0.3, 0.4) is 0 Å². The van der Waals surface area contributed by atoms with E-state index in [1.165, 1.54) is 16.8 Å². The Kier molecular flexibility index (Phi) is 5.29. The van der Waals surface area contributed by atoms with E-state index in [1.807, 2.05) is 30.3 Å². The van der Waals surface area contributed by atoms with Gasteiger partial charge in [-0.25, -0.2) is 4.68 Å². The molecule has 1 aliphatic rings. The van der Waals surface area contributed by atoms with Gasteiger partial charge in [0.2, 0.25) is 0 Å². The Bertz CT molecular complexity index is 979. The van der Waals surface area contributed by atoms with Gasteiger partial charge in [0, 0.05) is 25.2 Å². The van der Waals surface area contributed by atoms with Crippen LogP contribution in [0.2, 0.25) is 0 Å². The zero-order valence-corrected chi connectivity index (χ0v) is 15.7. The van der Waals surface area contributed by atoms with Gasteiger partial charge in [0.1, 0.15) is 5.82 Å². The number of hydrogen-bond acceptors (Lipinski definition) is 4. The largest absolute Gasteiger partial charge is 0.418 e. The summed E-state index contributed by atoms with van der Waals surface area (Å²) in [5.74, 6) is 0.191. The standard InChI is InChI=1S/C21H21F3N4O/c22-21(23,24)16-8-4-5-9-18(16)28-20(25)19(15-6-2-1-3-7-15)17(26-28)14-27-10-12-29-13-11-27/h1-9H,10-14,25H2. The van der Waals surface area contributed by atoms with Crippen LogP contribution in [0.1, 0.15) is 11.3 Å². The van der Waals surface area contributed by atoms with Gasteiger partial charge in [-0.15, -0.1) is 0 Å². The van der Waals surface area contributed by atoms with E-state index in [2.05, 4.69) is 10.00 Å². The average Bonchev–Trinajstić information content (AvgIpc) is 3.04. The average molecular weight is 402 g/mol. The van der Waals surface area contributed by atoms with Crippen molar-refractivity contribution in [1.29, 1.82) is 0 Å². The van der Waals surface area contributed by atoms with Crippen molar-refractivity contribution in [2.75, 3.05) is 32.0 Å². The molecule has 2 aromatic carbocycles. The van der Waals surface area contributed by atoms with Crippen molar-refractivity contribution >= 4 is 5.82 Å². The van der Waals surface area contributed by atoms with Crippen molar-refractivity contribution in [2.24, 2.45) is 0 Å². The summed E-state index contributed by atoms with van der Waals surface area (Å²) in [5.41, 5.74) is 7.65. The second kappa shape index (κ2) is 7.88. The number of aromatic nitrogens is 2. The molecule has 3 aromatic rings. The molecule has 0 atom stereocenters. The second-order valence-electron chi connectivity index (χ2n) is 6.89. The van der Waals surface area contributed by atoms with Gasteiger partial charge in [-0.1, -0.05) is 42.5 Å². The van der Waals surface area contributed by atoms with Crippen LogP contribution in [0.15, 0.2) is 54.6 Å². The zero-order chi connectivity index (χ0) is 20.4.